The third kappa shape index (κ3) is 3.87. The zero-order chi connectivity index (χ0) is 15.7. The summed E-state index contributed by atoms with van der Waals surface area (Å²) in [7, 11) is 0. The molecule has 0 aromatic carbocycles. The number of carbonyl (C=O) groups excluding carboxylic acids is 1. The number of halogens is 2. The zero-order valence-electron chi connectivity index (χ0n) is 11.8. The van der Waals surface area contributed by atoms with Gasteiger partial charge in [-0.3, -0.25) is 4.98 Å². The van der Waals surface area contributed by atoms with Crippen LogP contribution in [0.5, 0.6) is 0 Å². The number of pyridine rings is 1. The largest absolute Gasteiger partial charge is 0.444 e. The van der Waals surface area contributed by atoms with E-state index in [2.05, 4.69) is 9.97 Å². The van der Waals surface area contributed by atoms with Gasteiger partial charge in [-0.1, -0.05) is 0 Å². The van der Waals surface area contributed by atoms with Gasteiger partial charge in [0.1, 0.15) is 11.1 Å². The summed E-state index contributed by atoms with van der Waals surface area (Å²) < 4.78 is 37.7. The number of hydrogen-bond donors (Lipinski definition) is 1. The van der Waals surface area contributed by atoms with Gasteiger partial charge in [-0.05, 0) is 20.8 Å². The minimum absolute atomic E-state index is 0.206. The Morgan fingerprint density at radius 2 is 2.14 bits per heavy atom. The highest BCUT2D eigenvalue weighted by Crippen LogP contribution is 2.29. The molecule has 0 spiro atoms. The van der Waals surface area contributed by atoms with Gasteiger partial charge in [-0.15, -0.1) is 0 Å². The van der Waals surface area contributed by atoms with E-state index < -0.39 is 30.1 Å². The number of oxazole rings is 1. The summed E-state index contributed by atoms with van der Waals surface area (Å²) in [6.45, 7) is 3.94. The smallest absolute Gasteiger partial charge is 0.407 e. The molecule has 0 aliphatic heterocycles. The second-order valence-corrected chi connectivity index (χ2v) is 5.42. The second-order valence-electron chi connectivity index (χ2n) is 5.42. The topological polar surface area (TPSA) is 77.2 Å². The van der Waals surface area contributed by atoms with Crippen LogP contribution >= 0.6 is 0 Å². The molecule has 0 bridgehead atoms. The van der Waals surface area contributed by atoms with Crippen LogP contribution in [0.25, 0.3) is 11.1 Å². The molecule has 2 aromatic rings. The molecule has 0 fully saturated rings. The molecule has 1 N–H and O–H groups in total. The van der Waals surface area contributed by atoms with Crippen molar-refractivity contribution >= 4 is 17.2 Å². The van der Waals surface area contributed by atoms with Gasteiger partial charge in [-0.25, -0.2) is 9.78 Å². The molecule has 0 atom stereocenters. The number of carbonyl (C=O) groups is 1. The number of alkyl carbamates (subject to hydrolysis) is 1. The first-order chi connectivity index (χ1) is 9.67. The average molecular weight is 299 g/mol. The number of ether oxygens (including phenoxy) is 1. The number of aromatic nitrogens is 2. The summed E-state index contributed by atoms with van der Waals surface area (Å²) in [6.07, 6.45) is 1.80. The predicted molar refractivity (Wildman–Crippen MR) is 69.9 cm³/mol. The van der Waals surface area contributed by atoms with Crippen molar-refractivity contribution in [3.63, 3.8) is 0 Å². The lowest BCUT2D eigenvalue weighted by atomic mass is 10.2. The Kier molecular flexibility index (Phi) is 3.80. The van der Waals surface area contributed by atoms with Gasteiger partial charge in [0.25, 0.3) is 5.89 Å². The van der Waals surface area contributed by atoms with Crippen molar-refractivity contribution in [2.24, 2.45) is 0 Å². The number of rotatable bonds is 3. The van der Waals surface area contributed by atoms with Crippen molar-refractivity contribution < 1.29 is 22.7 Å². The minimum atomic E-state index is -3.45. The van der Waals surface area contributed by atoms with E-state index in [-0.39, 0.29) is 11.1 Å². The van der Waals surface area contributed by atoms with Gasteiger partial charge >= 0.3 is 12.0 Å². The summed E-state index contributed by atoms with van der Waals surface area (Å²) >= 11 is 0. The first-order valence-corrected chi connectivity index (χ1v) is 6.23. The van der Waals surface area contributed by atoms with Crippen molar-refractivity contribution in [1.29, 1.82) is 0 Å². The third-order valence-electron chi connectivity index (χ3n) is 2.36. The van der Waals surface area contributed by atoms with Crippen LogP contribution in [0.2, 0.25) is 0 Å². The van der Waals surface area contributed by atoms with Crippen LogP contribution in [-0.4, -0.2) is 28.2 Å². The van der Waals surface area contributed by atoms with E-state index in [1.165, 1.54) is 18.5 Å². The van der Waals surface area contributed by atoms with Crippen molar-refractivity contribution in [2.75, 3.05) is 6.54 Å². The fourth-order valence-corrected chi connectivity index (χ4v) is 1.51. The molecule has 0 saturated carbocycles. The third-order valence-corrected chi connectivity index (χ3v) is 2.36. The molecular weight excluding hydrogens is 284 g/mol. The Hall–Kier alpha value is -2.25. The molecular formula is C13H15F2N3O3. The van der Waals surface area contributed by atoms with E-state index in [4.69, 9.17) is 9.15 Å². The second kappa shape index (κ2) is 5.27. The number of alkyl halides is 2. The highest BCUT2D eigenvalue weighted by molar-refractivity contribution is 5.71. The lowest BCUT2D eigenvalue weighted by Gasteiger charge is -2.20. The van der Waals surface area contributed by atoms with Gasteiger partial charge in [0.05, 0.1) is 12.7 Å². The number of nitrogens with one attached hydrogen (secondary N) is 1. The SMILES string of the molecule is CC(C)(C)OC(=O)NCC(F)(F)c1nc2cnccc2o1. The molecule has 0 radical (unpaired) electrons. The average Bonchev–Trinajstić information content (AvgIpc) is 2.79. The maximum atomic E-state index is 13.9. The van der Waals surface area contributed by atoms with E-state index >= 15 is 0 Å². The Labute approximate surface area is 119 Å². The molecule has 0 aliphatic rings. The molecule has 114 valence electrons. The number of amides is 1. The molecule has 6 nitrogen and oxygen atoms in total. The Balaban J connectivity index is 2.06. The number of hydrogen-bond acceptors (Lipinski definition) is 5. The standard InChI is InChI=1S/C13H15F2N3O3/c1-12(2,3)21-11(19)17-7-13(14,15)10-18-8-6-16-5-4-9(8)20-10/h4-6H,7H2,1-3H3,(H,17,19). The number of nitrogens with zero attached hydrogens (tertiary/aromatic N) is 2. The quantitative estimate of drug-likeness (QED) is 0.943. The molecule has 0 unspecified atom stereocenters. The summed E-state index contributed by atoms with van der Waals surface area (Å²) in [6, 6.07) is 1.43. The van der Waals surface area contributed by atoms with Crippen molar-refractivity contribution in [1.82, 2.24) is 15.3 Å². The van der Waals surface area contributed by atoms with Gasteiger partial charge in [-0.2, -0.15) is 8.78 Å². The number of fused-ring (bicyclic) bond motifs is 1. The van der Waals surface area contributed by atoms with Crippen LogP contribution in [0.15, 0.2) is 22.9 Å². The molecule has 2 aromatic heterocycles. The summed E-state index contributed by atoms with van der Waals surface area (Å²) in [5.41, 5.74) is -0.329. The highest BCUT2D eigenvalue weighted by atomic mass is 19.3. The lowest BCUT2D eigenvalue weighted by molar-refractivity contribution is -0.0311. The van der Waals surface area contributed by atoms with E-state index in [1.807, 2.05) is 5.32 Å². The Morgan fingerprint density at radius 1 is 1.43 bits per heavy atom. The van der Waals surface area contributed by atoms with Crippen molar-refractivity contribution in [2.45, 2.75) is 32.3 Å². The van der Waals surface area contributed by atoms with Gasteiger partial charge in [0.15, 0.2) is 5.58 Å². The minimum Gasteiger partial charge on any atom is -0.444 e. The molecule has 1 amide bonds. The maximum absolute atomic E-state index is 13.9. The fourth-order valence-electron chi connectivity index (χ4n) is 1.51. The van der Waals surface area contributed by atoms with Gasteiger partial charge in [0, 0.05) is 12.3 Å². The fraction of sp³-hybridized carbons (Fsp3) is 0.462. The Morgan fingerprint density at radius 3 is 2.76 bits per heavy atom. The van der Waals surface area contributed by atoms with Crippen molar-refractivity contribution in [3.05, 3.63) is 24.4 Å². The van der Waals surface area contributed by atoms with Gasteiger partial charge in [0.2, 0.25) is 0 Å². The normalized spacial score (nSPS) is 12.4. The summed E-state index contributed by atoms with van der Waals surface area (Å²) in [5, 5.41) is 2.00. The zero-order valence-corrected chi connectivity index (χ0v) is 11.8. The van der Waals surface area contributed by atoms with Crippen LogP contribution in [0, 0.1) is 0 Å². The van der Waals surface area contributed by atoms with Crippen LogP contribution < -0.4 is 5.32 Å². The molecule has 21 heavy (non-hydrogen) atoms. The Bertz CT molecular complexity index is 616. The van der Waals surface area contributed by atoms with Crippen LogP contribution in [0.4, 0.5) is 13.6 Å². The molecule has 0 aliphatic carbocycles. The molecule has 2 heterocycles. The molecule has 0 saturated heterocycles. The highest BCUT2D eigenvalue weighted by Gasteiger charge is 2.38. The molecule has 8 heteroatoms. The predicted octanol–water partition coefficient (Wildman–Crippen LogP) is 2.84. The maximum Gasteiger partial charge on any atom is 0.407 e. The van der Waals surface area contributed by atoms with E-state index in [0.29, 0.717) is 0 Å². The lowest BCUT2D eigenvalue weighted by Crippen LogP contribution is -2.38. The first kappa shape index (κ1) is 15.1. The van der Waals surface area contributed by atoms with Crippen LogP contribution in [0.3, 0.4) is 0 Å². The summed E-state index contributed by atoms with van der Waals surface area (Å²) in [4.78, 5) is 18.8. The van der Waals surface area contributed by atoms with E-state index in [9.17, 15) is 13.6 Å². The first-order valence-electron chi connectivity index (χ1n) is 6.23. The van der Waals surface area contributed by atoms with Crippen molar-refractivity contribution in [3.8, 4) is 0 Å². The summed E-state index contributed by atoms with van der Waals surface area (Å²) in [5.74, 6) is -4.22. The molecule has 2 rings (SSSR count). The van der Waals surface area contributed by atoms with Crippen LogP contribution in [-0.2, 0) is 10.7 Å². The monoisotopic (exact) mass is 299 g/mol. The van der Waals surface area contributed by atoms with Crippen LogP contribution in [0.1, 0.15) is 26.7 Å². The van der Waals surface area contributed by atoms with E-state index in [0.717, 1.165) is 0 Å². The van der Waals surface area contributed by atoms with Gasteiger partial charge < -0.3 is 14.5 Å². The van der Waals surface area contributed by atoms with E-state index in [1.54, 1.807) is 20.8 Å².